The summed E-state index contributed by atoms with van der Waals surface area (Å²) >= 11 is 7.87. The van der Waals surface area contributed by atoms with Crippen molar-refractivity contribution >= 4 is 54.2 Å². The van der Waals surface area contributed by atoms with Gasteiger partial charge in [0.25, 0.3) is 0 Å². The molecule has 1 amide bonds. The number of aryl methyl sites for hydroxylation is 1. The summed E-state index contributed by atoms with van der Waals surface area (Å²) in [6.45, 7) is 3.95. The molecule has 200 valence electrons. The molecule has 0 N–H and O–H groups in total. The first kappa shape index (κ1) is 27.8. The average Bonchev–Trinajstić information content (AvgIpc) is 3.35. The second-order valence-electron chi connectivity index (χ2n) is 9.54. The van der Waals surface area contributed by atoms with Gasteiger partial charge in [0.15, 0.2) is 5.13 Å². The van der Waals surface area contributed by atoms with Crippen molar-refractivity contribution in [3.8, 4) is 5.75 Å². The summed E-state index contributed by atoms with van der Waals surface area (Å²) in [6.07, 6.45) is 1.72. The lowest BCUT2D eigenvalue weighted by molar-refractivity contribution is -0.123. The number of rotatable bonds is 9. The Kier molecular flexibility index (Phi) is 8.75. The number of benzene rings is 2. The predicted molar refractivity (Wildman–Crippen MR) is 149 cm³/mol. The SMILES string of the molecule is COc1ccc(S(=O)(=O)N2CCC(C(=O)N(CCCN(C)C)c3nc4c(C)ccc(Cl)c4s3)CC2)cc1. The van der Waals surface area contributed by atoms with E-state index in [1.54, 1.807) is 36.3 Å². The molecule has 1 saturated heterocycles. The van der Waals surface area contributed by atoms with Crippen LogP contribution >= 0.6 is 22.9 Å². The van der Waals surface area contributed by atoms with Gasteiger partial charge in [0, 0.05) is 25.6 Å². The summed E-state index contributed by atoms with van der Waals surface area (Å²) in [5, 5.41) is 1.27. The van der Waals surface area contributed by atoms with Crippen LogP contribution in [-0.4, -0.2) is 75.9 Å². The molecule has 1 fully saturated rings. The number of aromatic nitrogens is 1. The third kappa shape index (κ3) is 6.09. The van der Waals surface area contributed by atoms with Gasteiger partial charge in [-0.1, -0.05) is 29.0 Å². The third-order valence-corrected chi connectivity index (χ3v) is 10.1. The van der Waals surface area contributed by atoms with Crippen LogP contribution in [0.5, 0.6) is 5.75 Å². The van der Waals surface area contributed by atoms with E-state index in [1.807, 2.05) is 33.2 Å². The zero-order chi connectivity index (χ0) is 26.7. The molecule has 0 bridgehead atoms. The number of sulfonamides is 1. The van der Waals surface area contributed by atoms with Crippen LogP contribution in [0.4, 0.5) is 5.13 Å². The van der Waals surface area contributed by atoms with E-state index >= 15 is 0 Å². The fourth-order valence-electron chi connectivity index (χ4n) is 4.51. The quantitative estimate of drug-likeness (QED) is 0.376. The Morgan fingerprint density at radius 3 is 2.41 bits per heavy atom. The molecule has 0 saturated carbocycles. The van der Waals surface area contributed by atoms with Gasteiger partial charge in [0.2, 0.25) is 15.9 Å². The number of nitrogens with zero attached hydrogens (tertiary/aromatic N) is 4. The first-order valence-electron chi connectivity index (χ1n) is 12.3. The first-order valence-corrected chi connectivity index (χ1v) is 14.9. The second-order valence-corrected chi connectivity index (χ2v) is 12.9. The number of hydrogen-bond acceptors (Lipinski definition) is 7. The van der Waals surface area contributed by atoms with Crippen LogP contribution in [0.15, 0.2) is 41.3 Å². The minimum absolute atomic E-state index is 0.00640. The van der Waals surface area contributed by atoms with E-state index in [2.05, 4.69) is 4.90 Å². The Bertz CT molecular complexity index is 1310. The Morgan fingerprint density at radius 2 is 1.81 bits per heavy atom. The van der Waals surface area contributed by atoms with Gasteiger partial charge < -0.3 is 9.64 Å². The van der Waals surface area contributed by atoms with E-state index in [4.69, 9.17) is 21.3 Å². The number of fused-ring (bicyclic) bond motifs is 1. The molecule has 0 unspecified atom stereocenters. The largest absolute Gasteiger partial charge is 0.497 e. The van der Waals surface area contributed by atoms with Crippen molar-refractivity contribution in [3.05, 3.63) is 47.0 Å². The van der Waals surface area contributed by atoms with Crippen LogP contribution in [0.25, 0.3) is 10.2 Å². The first-order chi connectivity index (χ1) is 17.6. The van der Waals surface area contributed by atoms with Crippen molar-refractivity contribution in [2.75, 3.05) is 52.3 Å². The van der Waals surface area contributed by atoms with Crippen molar-refractivity contribution in [2.24, 2.45) is 5.92 Å². The molecule has 1 aromatic heterocycles. The summed E-state index contributed by atoms with van der Waals surface area (Å²) in [4.78, 5) is 22.7. The smallest absolute Gasteiger partial charge is 0.243 e. The number of ether oxygens (including phenoxy) is 1. The number of carbonyl (C=O) groups excluding carboxylic acids is 1. The molecule has 2 aromatic carbocycles. The van der Waals surface area contributed by atoms with Gasteiger partial charge in [-0.15, -0.1) is 0 Å². The van der Waals surface area contributed by atoms with E-state index in [9.17, 15) is 13.2 Å². The maximum Gasteiger partial charge on any atom is 0.243 e. The van der Waals surface area contributed by atoms with Crippen LogP contribution in [0.3, 0.4) is 0 Å². The number of amides is 1. The summed E-state index contributed by atoms with van der Waals surface area (Å²) < 4.78 is 33.8. The van der Waals surface area contributed by atoms with Crippen molar-refractivity contribution in [1.82, 2.24) is 14.2 Å². The predicted octanol–water partition coefficient (Wildman–Crippen LogP) is 4.65. The number of anilines is 1. The van der Waals surface area contributed by atoms with E-state index in [-0.39, 0.29) is 16.7 Å². The summed E-state index contributed by atoms with van der Waals surface area (Å²) in [7, 11) is 1.92. The Labute approximate surface area is 227 Å². The Morgan fingerprint density at radius 1 is 1.14 bits per heavy atom. The maximum atomic E-state index is 13.8. The lowest BCUT2D eigenvalue weighted by Crippen LogP contribution is -2.45. The molecule has 0 radical (unpaired) electrons. The molecule has 0 aliphatic carbocycles. The second kappa shape index (κ2) is 11.7. The van der Waals surface area contributed by atoms with Crippen molar-refractivity contribution in [3.63, 3.8) is 0 Å². The van der Waals surface area contributed by atoms with Gasteiger partial charge in [-0.2, -0.15) is 4.31 Å². The number of thiazole rings is 1. The molecule has 37 heavy (non-hydrogen) atoms. The van der Waals surface area contributed by atoms with Crippen LogP contribution in [0.2, 0.25) is 5.02 Å². The molecule has 3 aromatic rings. The van der Waals surface area contributed by atoms with Crippen LogP contribution in [-0.2, 0) is 14.8 Å². The highest BCUT2D eigenvalue weighted by atomic mass is 35.5. The zero-order valence-corrected chi connectivity index (χ0v) is 24.0. The van der Waals surface area contributed by atoms with Gasteiger partial charge in [-0.05, 0) is 82.7 Å². The van der Waals surface area contributed by atoms with E-state index in [1.165, 1.54) is 15.6 Å². The molecular formula is C26H33ClN4O4S2. The average molecular weight is 565 g/mol. The Balaban J connectivity index is 1.51. The van der Waals surface area contributed by atoms with Crippen molar-refractivity contribution in [1.29, 1.82) is 0 Å². The summed E-state index contributed by atoms with van der Waals surface area (Å²) in [6, 6.07) is 10.2. The number of piperidine rings is 1. The highest BCUT2D eigenvalue weighted by Crippen LogP contribution is 2.37. The molecule has 1 aliphatic heterocycles. The third-order valence-electron chi connectivity index (χ3n) is 6.67. The molecule has 0 spiro atoms. The Hall–Kier alpha value is -2.24. The molecule has 0 atom stereocenters. The lowest BCUT2D eigenvalue weighted by atomic mass is 9.96. The van der Waals surface area contributed by atoms with Crippen molar-refractivity contribution in [2.45, 2.75) is 31.1 Å². The maximum absolute atomic E-state index is 13.8. The van der Waals surface area contributed by atoms with E-state index in [0.717, 1.165) is 28.7 Å². The number of carbonyl (C=O) groups is 1. The fourth-order valence-corrected chi connectivity index (χ4v) is 7.33. The monoisotopic (exact) mass is 564 g/mol. The molecular weight excluding hydrogens is 532 g/mol. The van der Waals surface area contributed by atoms with Gasteiger partial charge in [0.05, 0.1) is 27.2 Å². The van der Waals surface area contributed by atoms with Gasteiger partial charge in [-0.25, -0.2) is 13.4 Å². The number of halogens is 1. The minimum atomic E-state index is -3.64. The van der Waals surface area contributed by atoms with E-state index < -0.39 is 10.0 Å². The molecule has 8 nitrogen and oxygen atoms in total. The summed E-state index contributed by atoms with van der Waals surface area (Å²) in [5.74, 6) is 0.322. The molecule has 1 aliphatic rings. The van der Waals surface area contributed by atoms with Gasteiger partial charge in [0.1, 0.15) is 5.75 Å². The van der Waals surface area contributed by atoms with Crippen LogP contribution in [0.1, 0.15) is 24.8 Å². The van der Waals surface area contributed by atoms with Crippen molar-refractivity contribution < 1.29 is 17.9 Å². The fraction of sp³-hybridized carbons (Fsp3) is 0.462. The summed E-state index contributed by atoms with van der Waals surface area (Å²) in [5.41, 5.74) is 1.83. The molecule has 11 heteroatoms. The number of hydrogen-bond donors (Lipinski definition) is 0. The van der Waals surface area contributed by atoms with E-state index in [0.29, 0.717) is 48.4 Å². The lowest BCUT2D eigenvalue weighted by Gasteiger charge is -2.33. The topological polar surface area (TPSA) is 83.0 Å². The molecule has 4 rings (SSSR count). The van der Waals surface area contributed by atoms with Gasteiger partial charge >= 0.3 is 0 Å². The minimum Gasteiger partial charge on any atom is -0.497 e. The highest BCUT2D eigenvalue weighted by Gasteiger charge is 2.35. The number of methoxy groups -OCH3 is 1. The van der Waals surface area contributed by atoms with Crippen LogP contribution < -0.4 is 9.64 Å². The zero-order valence-electron chi connectivity index (χ0n) is 21.6. The standard InChI is InChI=1S/C26H33ClN4O4S2/c1-18-6-11-22(27)24-23(18)28-26(36-24)31(15-5-14-29(2)3)25(32)19-12-16-30(17-13-19)37(33,34)21-9-7-20(35-4)8-10-21/h6-11,19H,5,12-17H2,1-4H3. The normalized spacial score (nSPS) is 15.4. The highest BCUT2D eigenvalue weighted by molar-refractivity contribution is 7.89. The van der Waals surface area contributed by atoms with Gasteiger partial charge in [-0.3, -0.25) is 9.69 Å². The molecule has 2 heterocycles. The van der Waals surface area contributed by atoms with Crippen LogP contribution in [0, 0.1) is 12.8 Å².